The topological polar surface area (TPSA) is 78.9 Å². The first-order valence-corrected chi connectivity index (χ1v) is 26.4. The van der Waals surface area contributed by atoms with Gasteiger partial charge in [0.25, 0.3) is 0 Å². The zero-order valence-corrected chi connectivity index (χ0v) is 42.0. The van der Waals surface area contributed by atoms with E-state index in [1.54, 1.807) is 0 Å². The summed E-state index contributed by atoms with van der Waals surface area (Å²) in [7, 11) is 0. The fraction of sp³-hybridized carbons (Fsp3) is 0.644. The zero-order chi connectivity index (χ0) is 47.2. The highest BCUT2D eigenvalue weighted by molar-refractivity contribution is 5.71. The van der Waals surface area contributed by atoms with Crippen LogP contribution in [0.3, 0.4) is 0 Å². The van der Waals surface area contributed by atoms with Gasteiger partial charge in [-0.05, 0) is 116 Å². The molecule has 0 heterocycles. The maximum absolute atomic E-state index is 12.8. The molecular weight excluding hydrogens is 805 g/mol. The van der Waals surface area contributed by atoms with Crippen LogP contribution in [0.25, 0.3) is 0 Å². The lowest BCUT2D eigenvalue weighted by Crippen LogP contribution is -2.30. The molecule has 65 heavy (non-hydrogen) atoms. The first kappa shape index (κ1) is 61.1. The number of ether oxygens (including phenoxy) is 3. The molecular formula is C59H96O6. The van der Waals surface area contributed by atoms with Crippen LogP contribution in [0, 0.1) is 0 Å². The van der Waals surface area contributed by atoms with Crippen LogP contribution in [-0.2, 0) is 28.6 Å². The van der Waals surface area contributed by atoms with E-state index in [-0.39, 0.29) is 31.1 Å². The molecule has 6 heteroatoms. The zero-order valence-electron chi connectivity index (χ0n) is 42.0. The average molecular weight is 901 g/mol. The highest BCUT2D eigenvalue weighted by Crippen LogP contribution is 2.14. The van der Waals surface area contributed by atoms with Gasteiger partial charge < -0.3 is 14.2 Å². The summed E-state index contributed by atoms with van der Waals surface area (Å²) in [5, 5.41) is 0. The molecule has 0 aromatic heterocycles. The van der Waals surface area contributed by atoms with Gasteiger partial charge in [0.15, 0.2) is 6.10 Å². The molecule has 368 valence electrons. The average Bonchev–Trinajstić information content (AvgIpc) is 3.30. The SMILES string of the molecule is CC/C=C\C/C=C\C/C=C\C/C=C\C/C=C\CCCCCC(=O)OCC(COC(=O)CCCC/C=C\C/C=C\CC)OC(=O)CCCCCCCCCCCC/C=C\C=C/CCCCC. The van der Waals surface area contributed by atoms with Crippen LogP contribution in [-0.4, -0.2) is 37.2 Å². The van der Waals surface area contributed by atoms with Crippen molar-refractivity contribution in [2.75, 3.05) is 13.2 Å². The van der Waals surface area contributed by atoms with Crippen LogP contribution >= 0.6 is 0 Å². The van der Waals surface area contributed by atoms with Crippen molar-refractivity contribution in [1.29, 1.82) is 0 Å². The molecule has 0 fully saturated rings. The minimum absolute atomic E-state index is 0.109. The van der Waals surface area contributed by atoms with Gasteiger partial charge in [0.2, 0.25) is 0 Å². The van der Waals surface area contributed by atoms with Crippen LogP contribution in [0.5, 0.6) is 0 Å². The molecule has 0 saturated carbocycles. The van der Waals surface area contributed by atoms with Crippen molar-refractivity contribution in [3.63, 3.8) is 0 Å². The largest absolute Gasteiger partial charge is 0.462 e. The van der Waals surface area contributed by atoms with Gasteiger partial charge in [-0.2, -0.15) is 0 Å². The minimum Gasteiger partial charge on any atom is -0.462 e. The number of rotatable bonds is 46. The molecule has 0 aliphatic carbocycles. The normalized spacial score (nSPS) is 13.0. The predicted octanol–water partition coefficient (Wildman–Crippen LogP) is 17.5. The summed E-state index contributed by atoms with van der Waals surface area (Å²) in [5.74, 6) is -0.983. The summed E-state index contributed by atoms with van der Waals surface area (Å²) in [6.45, 7) is 6.30. The molecule has 1 atom stereocenters. The van der Waals surface area contributed by atoms with Crippen molar-refractivity contribution in [2.45, 2.75) is 232 Å². The van der Waals surface area contributed by atoms with E-state index >= 15 is 0 Å². The molecule has 0 amide bonds. The molecule has 0 saturated heterocycles. The summed E-state index contributed by atoms with van der Waals surface area (Å²) in [5.41, 5.74) is 0. The molecule has 0 aromatic rings. The van der Waals surface area contributed by atoms with Crippen LogP contribution in [0.1, 0.15) is 226 Å². The second-order valence-electron chi connectivity index (χ2n) is 17.0. The Balaban J connectivity index is 4.40. The van der Waals surface area contributed by atoms with Gasteiger partial charge in [0.1, 0.15) is 13.2 Å². The Bertz CT molecular complexity index is 1360. The van der Waals surface area contributed by atoms with Gasteiger partial charge in [-0.1, -0.05) is 201 Å². The van der Waals surface area contributed by atoms with Gasteiger partial charge in [-0.3, -0.25) is 14.4 Å². The Kier molecular flexibility index (Phi) is 49.5. The fourth-order valence-electron chi connectivity index (χ4n) is 6.85. The standard InChI is InChI=1S/C59H96O6/c1-4-7-10-13-16-19-21-23-25-27-29-31-33-35-37-40-43-46-49-52-58(61)64-55-56(54-63-57(60)51-48-45-42-39-18-15-12-9-6-3)65-59(62)53-50-47-44-41-38-36-34-32-30-28-26-24-22-20-17-14-11-8-5-2/h7,9-10,12,16-20,22-25,29,31,35,37,39,56H,4-6,8,11,13-15,21,26-28,30,32-34,36,38,40-55H2,1-3H3/b10-7-,12-9-,19-16-,20-17-,24-22-,25-23-,31-29-,37-35-,39-18-. The Morgan fingerprint density at radius 1 is 0.338 bits per heavy atom. The number of carbonyl (C=O) groups excluding carboxylic acids is 3. The highest BCUT2D eigenvalue weighted by Gasteiger charge is 2.19. The quantitative estimate of drug-likeness (QED) is 0.0199. The van der Waals surface area contributed by atoms with E-state index in [9.17, 15) is 14.4 Å². The molecule has 0 bridgehead atoms. The number of carbonyl (C=O) groups is 3. The molecule has 0 aliphatic rings. The van der Waals surface area contributed by atoms with E-state index in [2.05, 4.69) is 130 Å². The van der Waals surface area contributed by atoms with Gasteiger partial charge >= 0.3 is 17.9 Å². The number of unbranched alkanes of at least 4 members (excludes halogenated alkanes) is 18. The monoisotopic (exact) mass is 901 g/mol. The summed E-state index contributed by atoms with van der Waals surface area (Å²) >= 11 is 0. The molecule has 0 aliphatic heterocycles. The maximum Gasteiger partial charge on any atom is 0.306 e. The maximum atomic E-state index is 12.8. The lowest BCUT2D eigenvalue weighted by Gasteiger charge is -2.18. The summed E-state index contributed by atoms with van der Waals surface area (Å²) in [6, 6.07) is 0. The second-order valence-corrected chi connectivity index (χ2v) is 17.0. The smallest absolute Gasteiger partial charge is 0.306 e. The molecule has 6 nitrogen and oxygen atoms in total. The summed E-state index contributed by atoms with van der Waals surface area (Å²) in [6.07, 6.45) is 70.9. The third-order valence-corrected chi connectivity index (χ3v) is 10.8. The Hall–Kier alpha value is -3.93. The number of esters is 3. The van der Waals surface area contributed by atoms with Crippen LogP contribution in [0.15, 0.2) is 109 Å². The Labute approximate surface area is 400 Å². The first-order chi connectivity index (χ1) is 32.0. The van der Waals surface area contributed by atoms with E-state index in [0.29, 0.717) is 19.3 Å². The Morgan fingerprint density at radius 3 is 1.08 bits per heavy atom. The third kappa shape index (κ3) is 50.9. The van der Waals surface area contributed by atoms with E-state index in [1.165, 1.54) is 77.0 Å². The summed E-state index contributed by atoms with van der Waals surface area (Å²) in [4.78, 5) is 37.9. The van der Waals surface area contributed by atoms with Crippen molar-refractivity contribution >= 4 is 17.9 Å². The van der Waals surface area contributed by atoms with Gasteiger partial charge in [-0.15, -0.1) is 0 Å². The van der Waals surface area contributed by atoms with Crippen LogP contribution in [0.4, 0.5) is 0 Å². The molecule has 0 aromatic carbocycles. The van der Waals surface area contributed by atoms with E-state index < -0.39 is 6.10 Å². The van der Waals surface area contributed by atoms with Crippen LogP contribution in [0.2, 0.25) is 0 Å². The number of allylic oxidation sites excluding steroid dienone is 18. The van der Waals surface area contributed by atoms with Gasteiger partial charge in [-0.25, -0.2) is 0 Å². The molecule has 0 N–H and O–H groups in total. The van der Waals surface area contributed by atoms with E-state index in [4.69, 9.17) is 14.2 Å². The molecule has 0 rings (SSSR count). The first-order valence-electron chi connectivity index (χ1n) is 26.4. The van der Waals surface area contributed by atoms with Gasteiger partial charge in [0, 0.05) is 19.3 Å². The number of hydrogen-bond acceptors (Lipinski definition) is 6. The lowest BCUT2D eigenvalue weighted by atomic mass is 10.1. The predicted molar refractivity (Wildman–Crippen MR) is 279 cm³/mol. The van der Waals surface area contributed by atoms with Crippen molar-refractivity contribution in [1.82, 2.24) is 0 Å². The van der Waals surface area contributed by atoms with Crippen molar-refractivity contribution in [3.05, 3.63) is 109 Å². The van der Waals surface area contributed by atoms with Gasteiger partial charge in [0.05, 0.1) is 0 Å². The third-order valence-electron chi connectivity index (χ3n) is 10.8. The Morgan fingerprint density at radius 2 is 0.646 bits per heavy atom. The molecule has 1 unspecified atom stereocenters. The minimum atomic E-state index is -0.807. The highest BCUT2D eigenvalue weighted by atomic mass is 16.6. The van der Waals surface area contributed by atoms with E-state index in [0.717, 1.165) is 109 Å². The molecule has 0 radical (unpaired) electrons. The number of hydrogen-bond donors (Lipinski definition) is 0. The summed E-state index contributed by atoms with van der Waals surface area (Å²) < 4.78 is 16.7. The van der Waals surface area contributed by atoms with Crippen molar-refractivity contribution in [2.24, 2.45) is 0 Å². The van der Waals surface area contributed by atoms with Crippen molar-refractivity contribution < 1.29 is 28.6 Å². The van der Waals surface area contributed by atoms with E-state index in [1.807, 2.05) is 0 Å². The van der Waals surface area contributed by atoms with Crippen LogP contribution < -0.4 is 0 Å². The molecule has 0 spiro atoms. The lowest BCUT2D eigenvalue weighted by molar-refractivity contribution is -0.167. The second kappa shape index (κ2) is 52.7. The fourth-order valence-corrected chi connectivity index (χ4v) is 6.85. The van der Waals surface area contributed by atoms with Crippen molar-refractivity contribution in [3.8, 4) is 0 Å².